The molecule has 0 radical (unpaired) electrons. The third-order valence-electron chi connectivity index (χ3n) is 3.74. The maximum atomic E-state index is 12.7. The lowest BCUT2D eigenvalue weighted by Gasteiger charge is -2.10. The van der Waals surface area contributed by atoms with Crippen molar-refractivity contribution in [3.63, 3.8) is 0 Å². The van der Waals surface area contributed by atoms with Crippen molar-refractivity contribution in [1.29, 1.82) is 0 Å². The third-order valence-corrected chi connectivity index (χ3v) is 3.74. The summed E-state index contributed by atoms with van der Waals surface area (Å²) < 4.78 is 43.5. The molecule has 2 heterocycles. The highest BCUT2D eigenvalue weighted by molar-refractivity contribution is 5.78. The zero-order valence-electron chi connectivity index (χ0n) is 13.6. The Labute approximate surface area is 147 Å². The SMILES string of the molecule is O=C(Cc1cccc(C(F)(F)F)c1)NCc1cccnc1-c1ccco1. The number of furan rings is 1. The van der Waals surface area contributed by atoms with E-state index in [1.54, 1.807) is 30.5 Å². The number of hydrogen-bond acceptors (Lipinski definition) is 3. The summed E-state index contributed by atoms with van der Waals surface area (Å²) in [7, 11) is 0. The average molecular weight is 360 g/mol. The standard InChI is InChI=1S/C19H15F3N2O2/c20-19(21,22)15-6-1-4-13(10-15)11-17(25)24-12-14-5-2-8-23-18(14)16-7-3-9-26-16/h1-10H,11-12H2,(H,24,25). The third kappa shape index (κ3) is 4.30. The van der Waals surface area contributed by atoms with E-state index in [-0.39, 0.29) is 18.9 Å². The van der Waals surface area contributed by atoms with E-state index in [4.69, 9.17) is 4.42 Å². The maximum absolute atomic E-state index is 12.7. The van der Waals surface area contributed by atoms with Crippen LogP contribution in [0.25, 0.3) is 11.5 Å². The minimum absolute atomic E-state index is 0.139. The van der Waals surface area contributed by atoms with Crippen LogP contribution in [0.4, 0.5) is 13.2 Å². The van der Waals surface area contributed by atoms with Crippen molar-refractivity contribution >= 4 is 5.91 Å². The van der Waals surface area contributed by atoms with Gasteiger partial charge in [0.05, 0.1) is 18.2 Å². The fraction of sp³-hybridized carbons (Fsp3) is 0.158. The topological polar surface area (TPSA) is 55.1 Å². The van der Waals surface area contributed by atoms with Crippen LogP contribution in [-0.4, -0.2) is 10.9 Å². The first-order valence-corrected chi connectivity index (χ1v) is 7.84. The van der Waals surface area contributed by atoms with Gasteiger partial charge in [0.1, 0.15) is 5.69 Å². The molecule has 7 heteroatoms. The molecule has 0 aliphatic heterocycles. The molecular formula is C19H15F3N2O2. The van der Waals surface area contributed by atoms with Crippen LogP contribution in [-0.2, 0) is 23.9 Å². The second-order valence-corrected chi connectivity index (χ2v) is 5.64. The summed E-state index contributed by atoms with van der Waals surface area (Å²) in [4.78, 5) is 16.4. The summed E-state index contributed by atoms with van der Waals surface area (Å²) in [6.45, 7) is 0.196. The normalized spacial score (nSPS) is 11.3. The van der Waals surface area contributed by atoms with Crippen molar-refractivity contribution in [2.24, 2.45) is 0 Å². The Bertz CT molecular complexity index is 890. The van der Waals surface area contributed by atoms with Gasteiger partial charge in [-0.15, -0.1) is 0 Å². The Balaban J connectivity index is 1.66. The number of amides is 1. The van der Waals surface area contributed by atoms with Gasteiger partial charge in [-0.2, -0.15) is 13.2 Å². The highest BCUT2D eigenvalue weighted by Gasteiger charge is 2.30. The summed E-state index contributed by atoms with van der Waals surface area (Å²) in [5.41, 5.74) is 0.890. The molecule has 3 rings (SSSR count). The zero-order chi connectivity index (χ0) is 18.6. The van der Waals surface area contributed by atoms with Crippen LogP contribution in [0.3, 0.4) is 0 Å². The van der Waals surface area contributed by atoms with Gasteiger partial charge in [-0.05, 0) is 29.8 Å². The van der Waals surface area contributed by atoms with E-state index in [0.717, 1.165) is 17.7 Å². The Morgan fingerprint density at radius 2 is 1.96 bits per heavy atom. The molecule has 0 unspecified atom stereocenters. The number of nitrogens with zero attached hydrogens (tertiary/aromatic N) is 1. The molecule has 4 nitrogen and oxygen atoms in total. The van der Waals surface area contributed by atoms with Crippen LogP contribution in [0, 0.1) is 0 Å². The molecule has 1 N–H and O–H groups in total. The summed E-state index contributed by atoms with van der Waals surface area (Å²) in [5, 5.41) is 2.71. The lowest BCUT2D eigenvalue weighted by atomic mass is 10.1. The predicted octanol–water partition coefficient (Wildman–Crippen LogP) is 4.22. The van der Waals surface area contributed by atoms with E-state index in [1.807, 2.05) is 0 Å². The number of benzene rings is 1. The van der Waals surface area contributed by atoms with Gasteiger partial charge in [-0.25, -0.2) is 0 Å². The van der Waals surface area contributed by atoms with Crippen molar-refractivity contribution in [2.45, 2.75) is 19.1 Å². The lowest BCUT2D eigenvalue weighted by Crippen LogP contribution is -2.25. The highest BCUT2D eigenvalue weighted by Crippen LogP contribution is 2.29. The monoisotopic (exact) mass is 360 g/mol. The fourth-order valence-electron chi connectivity index (χ4n) is 2.52. The number of carbonyl (C=O) groups is 1. The Kier molecular flexibility index (Phi) is 5.06. The van der Waals surface area contributed by atoms with Gasteiger partial charge in [0, 0.05) is 18.3 Å². The maximum Gasteiger partial charge on any atom is 0.416 e. The van der Waals surface area contributed by atoms with Gasteiger partial charge in [0.15, 0.2) is 5.76 Å². The minimum Gasteiger partial charge on any atom is -0.463 e. The molecule has 0 aliphatic rings. The molecule has 1 aromatic carbocycles. The van der Waals surface area contributed by atoms with Gasteiger partial charge >= 0.3 is 6.18 Å². The first kappa shape index (κ1) is 17.7. The molecule has 2 aromatic heterocycles. The predicted molar refractivity (Wildman–Crippen MR) is 88.9 cm³/mol. The molecule has 0 saturated carbocycles. The van der Waals surface area contributed by atoms with Crippen molar-refractivity contribution in [2.75, 3.05) is 0 Å². The molecule has 0 bridgehead atoms. The largest absolute Gasteiger partial charge is 0.463 e. The van der Waals surface area contributed by atoms with Gasteiger partial charge in [-0.1, -0.05) is 24.3 Å². The second kappa shape index (κ2) is 7.43. The minimum atomic E-state index is -4.43. The van der Waals surface area contributed by atoms with Crippen LogP contribution in [0.1, 0.15) is 16.7 Å². The molecule has 1 amide bonds. The van der Waals surface area contributed by atoms with E-state index >= 15 is 0 Å². The number of pyridine rings is 1. The van der Waals surface area contributed by atoms with E-state index in [9.17, 15) is 18.0 Å². The molecule has 3 aromatic rings. The number of aromatic nitrogens is 1. The van der Waals surface area contributed by atoms with E-state index < -0.39 is 11.7 Å². The first-order valence-electron chi connectivity index (χ1n) is 7.84. The van der Waals surface area contributed by atoms with Crippen LogP contribution >= 0.6 is 0 Å². The molecule has 26 heavy (non-hydrogen) atoms. The van der Waals surface area contributed by atoms with Crippen LogP contribution in [0.15, 0.2) is 65.4 Å². The molecule has 134 valence electrons. The lowest BCUT2D eigenvalue weighted by molar-refractivity contribution is -0.137. The van der Waals surface area contributed by atoms with Crippen molar-refractivity contribution < 1.29 is 22.4 Å². The summed E-state index contributed by atoms with van der Waals surface area (Å²) >= 11 is 0. The number of hydrogen-bond donors (Lipinski definition) is 1. The van der Waals surface area contributed by atoms with Crippen molar-refractivity contribution in [3.8, 4) is 11.5 Å². The van der Waals surface area contributed by atoms with E-state index in [1.165, 1.54) is 18.4 Å². The van der Waals surface area contributed by atoms with E-state index in [0.29, 0.717) is 17.0 Å². The fourth-order valence-corrected chi connectivity index (χ4v) is 2.52. The van der Waals surface area contributed by atoms with Gasteiger partial charge in [0.2, 0.25) is 5.91 Å². The van der Waals surface area contributed by atoms with Crippen LogP contribution in [0.2, 0.25) is 0 Å². The molecule has 0 spiro atoms. The van der Waals surface area contributed by atoms with Gasteiger partial charge < -0.3 is 9.73 Å². The molecule has 0 aliphatic carbocycles. The average Bonchev–Trinajstić information content (AvgIpc) is 3.14. The summed E-state index contributed by atoms with van der Waals surface area (Å²) in [6, 6.07) is 11.8. The Morgan fingerprint density at radius 3 is 2.69 bits per heavy atom. The number of rotatable bonds is 5. The summed E-state index contributed by atoms with van der Waals surface area (Å²) in [5.74, 6) is 0.200. The van der Waals surface area contributed by atoms with Gasteiger partial charge in [0.25, 0.3) is 0 Å². The molecule has 0 fully saturated rings. The number of halogens is 3. The van der Waals surface area contributed by atoms with Crippen molar-refractivity contribution in [3.05, 3.63) is 77.7 Å². The summed E-state index contributed by atoms with van der Waals surface area (Å²) in [6.07, 6.45) is -1.42. The van der Waals surface area contributed by atoms with Crippen molar-refractivity contribution in [1.82, 2.24) is 10.3 Å². The first-order chi connectivity index (χ1) is 12.4. The van der Waals surface area contributed by atoms with Crippen LogP contribution in [0.5, 0.6) is 0 Å². The quantitative estimate of drug-likeness (QED) is 0.741. The molecule has 0 saturated heterocycles. The molecule has 0 atom stereocenters. The number of nitrogens with one attached hydrogen (secondary N) is 1. The zero-order valence-corrected chi connectivity index (χ0v) is 13.6. The Hall–Kier alpha value is -3.09. The molecular weight excluding hydrogens is 345 g/mol. The van der Waals surface area contributed by atoms with Gasteiger partial charge in [-0.3, -0.25) is 9.78 Å². The highest BCUT2D eigenvalue weighted by atomic mass is 19.4. The smallest absolute Gasteiger partial charge is 0.416 e. The Morgan fingerprint density at radius 1 is 1.12 bits per heavy atom. The number of carbonyl (C=O) groups excluding carboxylic acids is 1. The van der Waals surface area contributed by atoms with Crippen LogP contribution < -0.4 is 5.32 Å². The number of alkyl halides is 3. The second-order valence-electron chi connectivity index (χ2n) is 5.64. The van der Waals surface area contributed by atoms with E-state index in [2.05, 4.69) is 10.3 Å².